The van der Waals surface area contributed by atoms with Crippen molar-refractivity contribution < 1.29 is 0 Å². The predicted molar refractivity (Wildman–Crippen MR) is 61.2 cm³/mol. The molecule has 0 radical (unpaired) electrons. The Kier molecular flexibility index (Phi) is 2.39. The monoisotopic (exact) mass is 201 g/mol. The average Bonchev–Trinajstić information content (AvgIpc) is 2.06. The Morgan fingerprint density at radius 1 is 1.33 bits per heavy atom. The predicted octanol–water partition coefficient (Wildman–Crippen LogP) is 3.28. The maximum absolute atomic E-state index is 5.25. The van der Waals surface area contributed by atoms with E-state index in [1.54, 1.807) is 11.8 Å². The van der Waals surface area contributed by atoms with E-state index < -0.39 is 0 Å². The SMILES string of the molecule is CC(C)(C)C1=NC(C)(C)C(=S)S1. The Bertz CT molecular complexity index is 246. The Morgan fingerprint density at radius 3 is 2.00 bits per heavy atom. The number of thioether (sulfide) groups is 1. The zero-order valence-electron chi connectivity index (χ0n) is 8.26. The van der Waals surface area contributed by atoms with Gasteiger partial charge in [-0.2, -0.15) is 0 Å². The Balaban J connectivity index is 2.95. The zero-order valence-corrected chi connectivity index (χ0v) is 9.90. The van der Waals surface area contributed by atoms with Gasteiger partial charge >= 0.3 is 0 Å². The van der Waals surface area contributed by atoms with E-state index in [9.17, 15) is 0 Å². The molecule has 0 N–H and O–H groups in total. The van der Waals surface area contributed by atoms with Gasteiger partial charge in [0, 0.05) is 5.41 Å². The van der Waals surface area contributed by atoms with Gasteiger partial charge in [0.2, 0.25) is 0 Å². The second-order valence-electron chi connectivity index (χ2n) is 4.62. The van der Waals surface area contributed by atoms with E-state index in [1.807, 2.05) is 0 Å². The van der Waals surface area contributed by atoms with Crippen molar-refractivity contribution in [3.63, 3.8) is 0 Å². The van der Waals surface area contributed by atoms with Crippen LogP contribution < -0.4 is 0 Å². The van der Waals surface area contributed by atoms with Crippen LogP contribution in [0.25, 0.3) is 0 Å². The molecule has 68 valence electrons. The number of hydrogen-bond acceptors (Lipinski definition) is 3. The first-order valence-corrected chi connectivity index (χ1v) is 5.28. The van der Waals surface area contributed by atoms with Crippen LogP contribution in [-0.4, -0.2) is 14.8 Å². The average molecular weight is 201 g/mol. The lowest BCUT2D eigenvalue weighted by atomic mass is 9.98. The van der Waals surface area contributed by atoms with Crippen LogP contribution in [0, 0.1) is 5.41 Å². The normalized spacial score (nSPS) is 22.8. The van der Waals surface area contributed by atoms with Gasteiger partial charge in [0.05, 0.1) is 14.8 Å². The molecule has 0 amide bonds. The largest absolute Gasteiger partial charge is 0.270 e. The van der Waals surface area contributed by atoms with Crippen molar-refractivity contribution in [3.05, 3.63) is 0 Å². The van der Waals surface area contributed by atoms with E-state index in [2.05, 4.69) is 39.6 Å². The molecule has 0 fully saturated rings. The van der Waals surface area contributed by atoms with Gasteiger partial charge in [0.25, 0.3) is 0 Å². The Labute approximate surface area is 84.0 Å². The first-order chi connectivity index (χ1) is 5.23. The van der Waals surface area contributed by atoms with Crippen LogP contribution in [0.15, 0.2) is 4.99 Å². The molecule has 0 spiro atoms. The topological polar surface area (TPSA) is 12.4 Å². The summed E-state index contributed by atoms with van der Waals surface area (Å²) in [6.45, 7) is 10.6. The minimum absolute atomic E-state index is 0.136. The quantitative estimate of drug-likeness (QED) is 0.558. The lowest BCUT2D eigenvalue weighted by molar-refractivity contribution is 0.590. The van der Waals surface area contributed by atoms with Crippen molar-refractivity contribution in [1.29, 1.82) is 0 Å². The van der Waals surface area contributed by atoms with Gasteiger partial charge in [0.15, 0.2) is 0 Å². The molecule has 1 rings (SSSR count). The van der Waals surface area contributed by atoms with Crippen LogP contribution in [0.2, 0.25) is 0 Å². The summed E-state index contributed by atoms with van der Waals surface area (Å²) in [6, 6.07) is 0. The van der Waals surface area contributed by atoms with Crippen LogP contribution in [0.3, 0.4) is 0 Å². The van der Waals surface area contributed by atoms with Crippen molar-refractivity contribution in [2.75, 3.05) is 0 Å². The third-order valence-corrected chi connectivity index (χ3v) is 4.04. The maximum atomic E-state index is 5.25. The molecule has 0 saturated heterocycles. The van der Waals surface area contributed by atoms with Gasteiger partial charge in [-0.05, 0) is 13.8 Å². The number of thiocarbonyl (C=S) groups is 1. The second kappa shape index (κ2) is 2.81. The molecule has 1 nitrogen and oxygen atoms in total. The Hall–Kier alpha value is 0.110. The van der Waals surface area contributed by atoms with Gasteiger partial charge in [-0.25, -0.2) is 0 Å². The number of hydrogen-bond donors (Lipinski definition) is 0. The summed E-state index contributed by atoms with van der Waals surface area (Å²) >= 11 is 6.91. The minimum Gasteiger partial charge on any atom is -0.270 e. The van der Waals surface area contributed by atoms with E-state index in [0.29, 0.717) is 0 Å². The van der Waals surface area contributed by atoms with Gasteiger partial charge in [-0.3, -0.25) is 4.99 Å². The molecule has 0 aromatic carbocycles. The molecule has 0 aromatic heterocycles. The molecule has 3 heteroatoms. The standard InChI is InChI=1S/C9H15NS2/c1-8(2,3)6-10-9(4,5)7(11)12-6/h1-5H3. The van der Waals surface area contributed by atoms with Crippen LogP contribution in [0.5, 0.6) is 0 Å². The molecule has 1 aliphatic heterocycles. The summed E-state index contributed by atoms with van der Waals surface area (Å²) in [6.07, 6.45) is 0. The molecule has 0 unspecified atom stereocenters. The smallest absolute Gasteiger partial charge is 0.0973 e. The van der Waals surface area contributed by atoms with E-state index in [-0.39, 0.29) is 11.0 Å². The fraction of sp³-hybridized carbons (Fsp3) is 0.778. The summed E-state index contributed by atoms with van der Waals surface area (Å²) in [5.74, 6) is 0. The summed E-state index contributed by atoms with van der Waals surface area (Å²) in [7, 11) is 0. The molecule has 0 atom stereocenters. The van der Waals surface area contributed by atoms with Crippen molar-refractivity contribution in [2.45, 2.75) is 40.2 Å². The van der Waals surface area contributed by atoms with Crippen molar-refractivity contribution in [1.82, 2.24) is 0 Å². The van der Waals surface area contributed by atoms with Gasteiger partial charge in [0.1, 0.15) is 0 Å². The van der Waals surface area contributed by atoms with Crippen LogP contribution in [0.1, 0.15) is 34.6 Å². The molecular weight excluding hydrogens is 186 g/mol. The first-order valence-electron chi connectivity index (χ1n) is 4.06. The summed E-state index contributed by atoms with van der Waals surface area (Å²) in [5, 5.41) is 1.16. The lowest BCUT2D eigenvalue weighted by Crippen LogP contribution is -2.20. The van der Waals surface area contributed by atoms with E-state index in [0.717, 1.165) is 9.24 Å². The molecule has 0 aromatic rings. The second-order valence-corrected chi connectivity index (χ2v) is 6.28. The molecule has 1 aliphatic rings. The summed E-state index contributed by atoms with van der Waals surface area (Å²) in [4.78, 5) is 4.61. The highest BCUT2D eigenvalue weighted by atomic mass is 32.2. The fourth-order valence-electron chi connectivity index (χ4n) is 0.856. The fourth-order valence-corrected chi connectivity index (χ4v) is 2.19. The molecule has 0 saturated carbocycles. The molecule has 1 heterocycles. The molecule has 0 bridgehead atoms. The van der Waals surface area contributed by atoms with Crippen molar-refractivity contribution >= 4 is 33.2 Å². The van der Waals surface area contributed by atoms with Crippen LogP contribution in [0.4, 0.5) is 0 Å². The van der Waals surface area contributed by atoms with E-state index in [1.165, 1.54) is 0 Å². The third kappa shape index (κ3) is 1.88. The van der Waals surface area contributed by atoms with Crippen molar-refractivity contribution in [2.24, 2.45) is 10.4 Å². The zero-order chi connectivity index (χ0) is 9.57. The van der Waals surface area contributed by atoms with Gasteiger partial charge < -0.3 is 0 Å². The van der Waals surface area contributed by atoms with Crippen molar-refractivity contribution in [3.8, 4) is 0 Å². The minimum atomic E-state index is -0.136. The highest BCUT2D eigenvalue weighted by molar-refractivity contribution is 8.33. The Morgan fingerprint density at radius 2 is 1.83 bits per heavy atom. The number of rotatable bonds is 0. The van der Waals surface area contributed by atoms with Crippen LogP contribution in [-0.2, 0) is 0 Å². The lowest BCUT2D eigenvalue weighted by Gasteiger charge is -2.16. The molecular formula is C9H15NS2. The van der Waals surface area contributed by atoms with Gasteiger partial charge in [-0.1, -0.05) is 44.8 Å². The molecule has 0 aliphatic carbocycles. The molecule has 12 heavy (non-hydrogen) atoms. The number of nitrogens with zero attached hydrogens (tertiary/aromatic N) is 1. The van der Waals surface area contributed by atoms with E-state index >= 15 is 0 Å². The summed E-state index contributed by atoms with van der Waals surface area (Å²) in [5.41, 5.74) is 0.00507. The van der Waals surface area contributed by atoms with Crippen LogP contribution >= 0.6 is 24.0 Å². The first kappa shape index (κ1) is 10.2. The van der Waals surface area contributed by atoms with Gasteiger partial charge in [-0.15, -0.1) is 0 Å². The highest BCUT2D eigenvalue weighted by Gasteiger charge is 2.36. The van der Waals surface area contributed by atoms with E-state index in [4.69, 9.17) is 12.2 Å². The number of aliphatic imine (C=N–C) groups is 1. The maximum Gasteiger partial charge on any atom is 0.0973 e. The summed E-state index contributed by atoms with van der Waals surface area (Å²) < 4.78 is 0.993. The highest BCUT2D eigenvalue weighted by Crippen LogP contribution is 2.37. The third-order valence-electron chi connectivity index (χ3n) is 1.71.